The molecule has 2 aromatic carbocycles. The Labute approximate surface area is 400 Å². The van der Waals surface area contributed by atoms with Crippen LogP contribution in [0, 0.1) is 36.5 Å². The fourth-order valence-electron chi connectivity index (χ4n) is 6.96. The Morgan fingerprint density at radius 2 is 1.18 bits per heavy atom. The lowest BCUT2D eigenvalue weighted by molar-refractivity contribution is 0.223. The number of pyridine rings is 2. The summed E-state index contributed by atoms with van der Waals surface area (Å²) in [5.74, 6) is 2.13. The summed E-state index contributed by atoms with van der Waals surface area (Å²) in [6.07, 6.45) is 7.90. The van der Waals surface area contributed by atoms with Gasteiger partial charge in [0.1, 0.15) is 23.2 Å². The van der Waals surface area contributed by atoms with Gasteiger partial charge in [-0.3, -0.25) is 19.9 Å². The monoisotopic (exact) mass is 918 g/mol. The third kappa shape index (κ3) is 10.5. The van der Waals surface area contributed by atoms with Crippen LogP contribution < -0.4 is 15.4 Å². The van der Waals surface area contributed by atoms with Crippen molar-refractivity contribution in [2.45, 2.75) is 64.9 Å². The predicted molar refractivity (Wildman–Crippen MR) is 263 cm³/mol. The first-order valence-corrected chi connectivity index (χ1v) is 21.9. The number of nitrogens with zero attached hydrogens (tertiary/aromatic N) is 12. The molecule has 0 saturated carbocycles. The van der Waals surface area contributed by atoms with Crippen LogP contribution in [-0.2, 0) is 10.8 Å². The summed E-state index contributed by atoms with van der Waals surface area (Å²) in [5.41, 5.74) is 7.50. The van der Waals surface area contributed by atoms with Crippen molar-refractivity contribution in [3.8, 4) is 86.5 Å². The summed E-state index contributed by atoms with van der Waals surface area (Å²) >= 11 is 0. The van der Waals surface area contributed by atoms with E-state index < -0.39 is 10.8 Å². The molecule has 352 valence electrons. The van der Waals surface area contributed by atoms with E-state index >= 15 is 0 Å². The summed E-state index contributed by atoms with van der Waals surface area (Å²) in [6.45, 7) is 13.4. The van der Waals surface area contributed by atoms with Crippen molar-refractivity contribution in [1.82, 2.24) is 55.6 Å². The lowest BCUT2D eigenvalue weighted by Crippen LogP contribution is -2.19. The standard InChI is InChI=1S/C26H25N7O2.C24H23N7O2.5H2/c1-16-23(31-21(14-30-16)18-8-11-29-22(12-18)26(2,3)15-27)25-33-32-24(35-25)17-4-6-19(7-5-17)34-20-9-10-28-13-20;1-15-21(23-31-30-22(33-23)16-4-6-18(7-5-16)26-10-11-32)29-19(13-28-15)17-8-9-27-20(12-17)24(2,3)14-25;;;;;/h4-8,11-12,14,20,28H,9-10,13H2,1-3H3;4-9,12-13,26,32H,10-11H2,1-3H3;5*1H. The van der Waals surface area contributed by atoms with Crippen molar-refractivity contribution in [3.63, 3.8) is 0 Å². The van der Waals surface area contributed by atoms with Gasteiger partial charge in [-0.15, -0.1) is 20.4 Å². The number of nitrogens with one attached hydrogen (secondary N) is 2. The zero-order chi connectivity index (χ0) is 47.8. The Kier molecular flexibility index (Phi) is 13.6. The first-order chi connectivity index (χ1) is 32.8. The van der Waals surface area contributed by atoms with E-state index in [1.165, 1.54) is 0 Å². The molecule has 9 rings (SSSR count). The van der Waals surface area contributed by atoms with E-state index in [9.17, 15) is 10.5 Å². The third-order valence-electron chi connectivity index (χ3n) is 11.1. The Balaban J connectivity index is 0.000000361. The average molecular weight is 919 g/mol. The second-order valence-corrected chi connectivity index (χ2v) is 17.0. The van der Waals surface area contributed by atoms with Crippen LogP contribution in [0.2, 0.25) is 0 Å². The van der Waals surface area contributed by atoms with Crippen molar-refractivity contribution < 1.29 is 25.8 Å². The highest BCUT2D eigenvalue weighted by Crippen LogP contribution is 2.32. The van der Waals surface area contributed by atoms with E-state index in [0.717, 1.165) is 53.2 Å². The van der Waals surface area contributed by atoms with Crippen molar-refractivity contribution in [2.75, 3.05) is 31.6 Å². The summed E-state index contributed by atoms with van der Waals surface area (Å²) < 4.78 is 17.8. The summed E-state index contributed by atoms with van der Waals surface area (Å²) in [5, 5.41) is 51.0. The van der Waals surface area contributed by atoms with Crippen molar-refractivity contribution in [1.29, 1.82) is 10.5 Å². The van der Waals surface area contributed by atoms with Crippen LogP contribution in [0.3, 0.4) is 0 Å². The summed E-state index contributed by atoms with van der Waals surface area (Å²) in [4.78, 5) is 27.1. The highest BCUT2D eigenvalue weighted by molar-refractivity contribution is 5.66. The molecule has 8 aromatic rings. The maximum Gasteiger partial charge on any atom is 0.268 e. The number of hydrogen-bond donors (Lipinski definition) is 3. The molecule has 1 aliphatic heterocycles. The molecule has 0 bridgehead atoms. The minimum absolute atomic E-state index is 0. The molecule has 1 fully saturated rings. The lowest BCUT2D eigenvalue weighted by Gasteiger charge is -2.15. The fourth-order valence-corrected chi connectivity index (χ4v) is 6.96. The van der Waals surface area contributed by atoms with E-state index in [4.69, 9.17) is 28.6 Å². The second-order valence-electron chi connectivity index (χ2n) is 17.0. The molecular formula is C50H58N14O4. The molecular weight excluding hydrogens is 861 g/mol. The number of anilines is 1. The van der Waals surface area contributed by atoms with Gasteiger partial charge in [0.2, 0.25) is 11.8 Å². The normalized spacial score (nSPS) is 13.5. The van der Waals surface area contributed by atoms with E-state index in [-0.39, 0.29) is 31.6 Å². The minimum atomic E-state index is -0.721. The number of aliphatic hydroxyl groups is 1. The smallest absolute Gasteiger partial charge is 0.268 e. The van der Waals surface area contributed by atoms with Crippen molar-refractivity contribution in [2.24, 2.45) is 0 Å². The number of nitriles is 2. The average Bonchev–Trinajstić information content (AvgIpc) is 4.19. The van der Waals surface area contributed by atoms with Gasteiger partial charge >= 0.3 is 0 Å². The number of aliphatic hydroxyl groups excluding tert-OH is 1. The van der Waals surface area contributed by atoms with Crippen LogP contribution in [0.25, 0.3) is 68.6 Å². The van der Waals surface area contributed by atoms with Gasteiger partial charge < -0.3 is 29.3 Å². The zero-order valence-electron chi connectivity index (χ0n) is 38.4. The molecule has 1 unspecified atom stereocenters. The molecule has 0 amide bonds. The lowest BCUT2D eigenvalue weighted by atomic mass is 9.90. The van der Waals surface area contributed by atoms with Gasteiger partial charge in [0, 0.05) is 60.6 Å². The van der Waals surface area contributed by atoms with Crippen LogP contribution in [0.5, 0.6) is 5.75 Å². The van der Waals surface area contributed by atoms with Crippen LogP contribution in [-0.4, -0.2) is 87.8 Å². The van der Waals surface area contributed by atoms with Crippen molar-refractivity contribution >= 4 is 5.69 Å². The SMILES string of the molecule is Cc1ncc(-c2ccnc(C(C)(C)C#N)c2)nc1-c1nnc(-c2ccc(NCCO)cc2)o1.Cc1ncc(-c2ccnc(C(C)(C)C#N)c2)nc1-c1nnc(-c2ccc(OC3CCNC3)cc2)o1.[HH].[HH].[HH].[HH].[HH]. The van der Waals surface area contributed by atoms with Crippen molar-refractivity contribution in [3.05, 3.63) is 120 Å². The highest BCUT2D eigenvalue weighted by Gasteiger charge is 2.25. The topological polar surface area (TPSA) is 256 Å². The largest absolute Gasteiger partial charge is 0.489 e. The van der Waals surface area contributed by atoms with Gasteiger partial charge in [-0.1, -0.05) is 0 Å². The number of hydrogen-bond acceptors (Lipinski definition) is 18. The molecule has 3 N–H and O–H groups in total. The highest BCUT2D eigenvalue weighted by atomic mass is 16.5. The summed E-state index contributed by atoms with van der Waals surface area (Å²) in [7, 11) is 0. The molecule has 0 spiro atoms. The van der Waals surface area contributed by atoms with Crippen LogP contribution >= 0.6 is 0 Å². The number of rotatable bonds is 13. The third-order valence-corrected chi connectivity index (χ3v) is 11.1. The Bertz CT molecular complexity index is 3140. The van der Waals surface area contributed by atoms with Gasteiger partial charge in [0.25, 0.3) is 11.8 Å². The zero-order valence-corrected chi connectivity index (χ0v) is 38.4. The first-order valence-electron chi connectivity index (χ1n) is 21.9. The summed E-state index contributed by atoms with van der Waals surface area (Å²) in [6, 6.07) is 27.0. The van der Waals surface area contributed by atoms with E-state index in [0.29, 0.717) is 63.9 Å². The molecule has 18 heteroatoms. The molecule has 68 heavy (non-hydrogen) atoms. The van der Waals surface area contributed by atoms with Crippen LogP contribution in [0.4, 0.5) is 5.69 Å². The minimum Gasteiger partial charge on any atom is -0.489 e. The molecule has 7 heterocycles. The van der Waals surface area contributed by atoms with Gasteiger partial charge in [0.05, 0.1) is 76.1 Å². The number of benzene rings is 2. The quantitative estimate of drug-likeness (QED) is 0.0974. The Morgan fingerprint density at radius 3 is 1.63 bits per heavy atom. The number of aromatic nitrogens is 10. The van der Waals surface area contributed by atoms with Gasteiger partial charge in [0.15, 0.2) is 0 Å². The van der Waals surface area contributed by atoms with Gasteiger partial charge in [-0.2, -0.15) is 10.5 Å². The fraction of sp³-hybridized carbons (Fsp3) is 0.280. The molecule has 6 aromatic heterocycles. The molecule has 1 atom stereocenters. The van der Waals surface area contributed by atoms with Crippen LogP contribution in [0.15, 0.2) is 106 Å². The Morgan fingerprint density at radius 1 is 0.691 bits per heavy atom. The van der Waals surface area contributed by atoms with E-state index in [2.05, 4.69) is 63.1 Å². The second kappa shape index (κ2) is 20.0. The van der Waals surface area contributed by atoms with Gasteiger partial charge in [-0.05, 0) is 127 Å². The molecule has 18 nitrogen and oxygen atoms in total. The molecule has 0 aliphatic carbocycles. The first kappa shape index (κ1) is 46.2. The Hall–Kier alpha value is -8.32. The maximum atomic E-state index is 9.46. The van der Waals surface area contributed by atoms with Crippen LogP contribution in [0.1, 0.15) is 64.0 Å². The number of aryl methyl sites for hydroxylation is 2. The number of ether oxygens (including phenoxy) is 1. The predicted octanol–water partition coefficient (Wildman–Crippen LogP) is 9.11. The molecule has 1 saturated heterocycles. The van der Waals surface area contributed by atoms with Gasteiger partial charge in [-0.25, -0.2) is 9.97 Å². The van der Waals surface area contributed by atoms with E-state index in [1.807, 2.05) is 114 Å². The maximum absolute atomic E-state index is 9.46. The molecule has 0 radical (unpaired) electrons. The molecule has 1 aliphatic rings. The van der Waals surface area contributed by atoms with E-state index in [1.54, 1.807) is 24.8 Å².